The van der Waals surface area contributed by atoms with Crippen molar-refractivity contribution < 1.29 is 4.79 Å². The summed E-state index contributed by atoms with van der Waals surface area (Å²) in [6.45, 7) is 3.13. The Morgan fingerprint density at radius 2 is 2.08 bits per heavy atom. The normalized spacial score (nSPS) is 18.3. The second kappa shape index (κ2) is 8.06. The second-order valence-corrected chi connectivity index (χ2v) is 6.49. The molecule has 1 atom stereocenters. The fraction of sp³-hybridized carbons (Fsp3) is 0.400. The molecule has 1 fully saturated rings. The highest BCUT2D eigenvalue weighted by Crippen LogP contribution is 2.17. The predicted molar refractivity (Wildman–Crippen MR) is 95.9 cm³/mol. The maximum atomic E-state index is 12.6. The van der Waals surface area contributed by atoms with Crippen molar-refractivity contribution >= 4 is 5.91 Å². The van der Waals surface area contributed by atoms with E-state index in [-0.39, 0.29) is 11.9 Å². The molecule has 1 amide bonds. The molecule has 24 heavy (non-hydrogen) atoms. The number of nitrogens with zero attached hydrogens (tertiary/aromatic N) is 3. The number of benzene rings is 1. The van der Waals surface area contributed by atoms with Crippen LogP contribution in [0.2, 0.25) is 0 Å². The summed E-state index contributed by atoms with van der Waals surface area (Å²) in [4.78, 5) is 21.0. The van der Waals surface area contributed by atoms with E-state index in [4.69, 9.17) is 0 Å². The van der Waals surface area contributed by atoms with E-state index < -0.39 is 0 Å². The minimum atomic E-state index is 0.0676. The molecule has 1 aromatic carbocycles. The van der Waals surface area contributed by atoms with Gasteiger partial charge in [0, 0.05) is 38.6 Å². The molecule has 126 valence electrons. The van der Waals surface area contributed by atoms with E-state index >= 15 is 0 Å². The van der Waals surface area contributed by atoms with E-state index in [0.29, 0.717) is 5.56 Å². The standard InChI is InChI=1S/C20H25N3O/c1-22(20(24)18-9-5-12-21-15-18)19-10-6-13-23(16-19)14-11-17-7-3-2-4-8-17/h2-5,7-9,12,15,19H,6,10-11,13-14,16H2,1H3/t19-/m0/s1. The number of likely N-dealkylation sites (tertiary alicyclic amines) is 1. The first-order valence-electron chi connectivity index (χ1n) is 8.67. The van der Waals surface area contributed by atoms with Crippen LogP contribution in [0.25, 0.3) is 0 Å². The minimum absolute atomic E-state index is 0.0676. The molecule has 0 spiro atoms. The van der Waals surface area contributed by atoms with E-state index in [2.05, 4.69) is 40.2 Å². The van der Waals surface area contributed by atoms with Crippen LogP contribution in [0.1, 0.15) is 28.8 Å². The average Bonchev–Trinajstić information content (AvgIpc) is 2.67. The van der Waals surface area contributed by atoms with Crippen molar-refractivity contribution in [2.75, 3.05) is 26.7 Å². The number of pyridine rings is 1. The number of amides is 1. The molecule has 1 aliphatic rings. The van der Waals surface area contributed by atoms with Crippen molar-refractivity contribution in [3.8, 4) is 0 Å². The van der Waals surface area contributed by atoms with Crippen LogP contribution in [-0.4, -0.2) is 53.4 Å². The van der Waals surface area contributed by atoms with Gasteiger partial charge in [-0.1, -0.05) is 30.3 Å². The van der Waals surface area contributed by atoms with Crippen LogP contribution in [-0.2, 0) is 6.42 Å². The topological polar surface area (TPSA) is 36.4 Å². The van der Waals surface area contributed by atoms with E-state index in [9.17, 15) is 4.79 Å². The number of carbonyl (C=O) groups excluding carboxylic acids is 1. The lowest BCUT2D eigenvalue weighted by molar-refractivity contribution is 0.0619. The zero-order valence-corrected chi connectivity index (χ0v) is 14.3. The molecule has 2 aromatic rings. The summed E-state index contributed by atoms with van der Waals surface area (Å²) in [5, 5.41) is 0. The average molecular weight is 323 g/mol. The molecule has 0 radical (unpaired) electrons. The second-order valence-electron chi connectivity index (χ2n) is 6.49. The number of hydrogen-bond donors (Lipinski definition) is 0. The Kier molecular flexibility index (Phi) is 5.59. The Morgan fingerprint density at radius 1 is 1.25 bits per heavy atom. The zero-order valence-electron chi connectivity index (χ0n) is 14.3. The first-order valence-corrected chi connectivity index (χ1v) is 8.67. The van der Waals surface area contributed by atoms with Gasteiger partial charge in [-0.25, -0.2) is 0 Å². The van der Waals surface area contributed by atoms with E-state index in [1.165, 1.54) is 5.56 Å². The van der Waals surface area contributed by atoms with Gasteiger partial charge in [0.25, 0.3) is 5.91 Å². The van der Waals surface area contributed by atoms with E-state index in [0.717, 1.165) is 38.9 Å². The van der Waals surface area contributed by atoms with Crippen molar-refractivity contribution in [2.45, 2.75) is 25.3 Å². The quantitative estimate of drug-likeness (QED) is 0.849. The molecule has 0 N–H and O–H groups in total. The minimum Gasteiger partial charge on any atom is -0.337 e. The third-order valence-corrected chi connectivity index (χ3v) is 4.82. The Labute approximate surface area is 144 Å². The molecule has 4 nitrogen and oxygen atoms in total. The Morgan fingerprint density at radius 3 is 2.83 bits per heavy atom. The molecule has 4 heteroatoms. The summed E-state index contributed by atoms with van der Waals surface area (Å²) in [7, 11) is 1.92. The lowest BCUT2D eigenvalue weighted by atomic mass is 10.0. The highest BCUT2D eigenvalue weighted by atomic mass is 16.2. The summed E-state index contributed by atoms with van der Waals surface area (Å²) in [5.74, 6) is 0.0676. The van der Waals surface area contributed by atoms with Gasteiger partial charge in [0.15, 0.2) is 0 Å². The van der Waals surface area contributed by atoms with Crippen LogP contribution in [0.3, 0.4) is 0 Å². The van der Waals surface area contributed by atoms with Gasteiger partial charge in [0.1, 0.15) is 0 Å². The molecule has 2 heterocycles. The molecule has 1 aliphatic heterocycles. The Hall–Kier alpha value is -2.20. The first-order chi connectivity index (χ1) is 11.7. The molecular formula is C20H25N3O. The highest BCUT2D eigenvalue weighted by molar-refractivity contribution is 5.93. The summed E-state index contributed by atoms with van der Waals surface area (Å²) in [6, 6.07) is 14.5. The maximum Gasteiger partial charge on any atom is 0.255 e. The van der Waals surface area contributed by atoms with Gasteiger partial charge in [0.2, 0.25) is 0 Å². The zero-order chi connectivity index (χ0) is 16.8. The van der Waals surface area contributed by atoms with Crippen LogP contribution in [0.4, 0.5) is 0 Å². The third kappa shape index (κ3) is 4.20. The molecule has 1 saturated heterocycles. The first kappa shape index (κ1) is 16.7. The molecule has 1 aromatic heterocycles. The van der Waals surface area contributed by atoms with Crippen LogP contribution in [0.5, 0.6) is 0 Å². The van der Waals surface area contributed by atoms with Crippen LogP contribution in [0.15, 0.2) is 54.9 Å². The Balaban J connectivity index is 1.56. The fourth-order valence-electron chi connectivity index (χ4n) is 3.34. The number of rotatable bonds is 5. The van der Waals surface area contributed by atoms with Crippen LogP contribution < -0.4 is 0 Å². The van der Waals surface area contributed by atoms with Crippen molar-refractivity contribution in [1.29, 1.82) is 0 Å². The fourth-order valence-corrected chi connectivity index (χ4v) is 3.34. The number of aromatic nitrogens is 1. The Bertz CT molecular complexity index is 644. The van der Waals surface area contributed by atoms with Gasteiger partial charge in [-0.05, 0) is 43.5 Å². The van der Waals surface area contributed by atoms with Crippen molar-refractivity contribution in [3.63, 3.8) is 0 Å². The van der Waals surface area contributed by atoms with Crippen LogP contribution >= 0.6 is 0 Å². The summed E-state index contributed by atoms with van der Waals surface area (Å²) in [6.07, 6.45) is 6.62. The van der Waals surface area contributed by atoms with Gasteiger partial charge in [-0.15, -0.1) is 0 Å². The molecular weight excluding hydrogens is 298 g/mol. The number of likely N-dealkylation sites (N-methyl/N-ethyl adjacent to an activating group) is 1. The molecule has 0 unspecified atom stereocenters. The summed E-state index contributed by atoms with van der Waals surface area (Å²) >= 11 is 0. The smallest absolute Gasteiger partial charge is 0.255 e. The lowest BCUT2D eigenvalue weighted by Crippen LogP contribution is -2.49. The third-order valence-electron chi connectivity index (χ3n) is 4.82. The summed E-state index contributed by atoms with van der Waals surface area (Å²) in [5.41, 5.74) is 2.04. The van der Waals surface area contributed by atoms with Crippen molar-refractivity contribution in [2.24, 2.45) is 0 Å². The number of carbonyl (C=O) groups is 1. The van der Waals surface area contributed by atoms with E-state index in [1.54, 1.807) is 12.4 Å². The molecule has 0 saturated carbocycles. The van der Waals surface area contributed by atoms with Gasteiger partial charge < -0.3 is 9.80 Å². The summed E-state index contributed by atoms with van der Waals surface area (Å²) < 4.78 is 0. The molecule has 0 bridgehead atoms. The molecule has 3 rings (SSSR count). The van der Waals surface area contributed by atoms with Crippen molar-refractivity contribution in [1.82, 2.24) is 14.8 Å². The van der Waals surface area contributed by atoms with Crippen LogP contribution in [0, 0.1) is 0 Å². The largest absolute Gasteiger partial charge is 0.337 e. The van der Waals surface area contributed by atoms with Gasteiger partial charge in [0.05, 0.1) is 5.56 Å². The number of piperidine rings is 1. The monoisotopic (exact) mass is 323 g/mol. The van der Waals surface area contributed by atoms with Gasteiger partial charge in [-0.2, -0.15) is 0 Å². The predicted octanol–water partition coefficient (Wildman–Crippen LogP) is 2.86. The number of hydrogen-bond acceptors (Lipinski definition) is 3. The highest BCUT2D eigenvalue weighted by Gasteiger charge is 2.26. The molecule has 0 aliphatic carbocycles. The van der Waals surface area contributed by atoms with E-state index in [1.807, 2.05) is 24.1 Å². The van der Waals surface area contributed by atoms with Gasteiger partial charge >= 0.3 is 0 Å². The lowest BCUT2D eigenvalue weighted by Gasteiger charge is -2.37. The maximum absolute atomic E-state index is 12.6. The SMILES string of the molecule is CN(C(=O)c1cccnc1)[C@H]1CCCN(CCc2ccccc2)C1. The van der Waals surface area contributed by atoms with Crippen molar-refractivity contribution in [3.05, 3.63) is 66.0 Å². The van der Waals surface area contributed by atoms with Gasteiger partial charge in [-0.3, -0.25) is 9.78 Å².